The van der Waals surface area contributed by atoms with E-state index in [2.05, 4.69) is 32.6 Å². The second-order valence-electron chi connectivity index (χ2n) is 7.56. The lowest BCUT2D eigenvalue weighted by Crippen LogP contribution is -2.41. The van der Waals surface area contributed by atoms with Gasteiger partial charge in [0.15, 0.2) is 0 Å². The van der Waals surface area contributed by atoms with Gasteiger partial charge in [-0.15, -0.1) is 0 Å². The third kappa shape index (κ3) is 3.73. The van der Waals surface area contributed by atoms with E-state index in [1.54, 1.807) is 0 Å². The van der Waals surface area contributed by atoms with Gasteiger partial charge in [-0.05, 0) is 71.2 Å². The maximum absolute atomic E-state index is 6.10. The van der Waals surface area contributed by atoms with E-state index in [4.69, 9.17) is 14.0 Å². The van der Waals surface area contributed by atoms with Crippen LogP contribution in [-0.4, -0.2) is 49.5 Å². The maximum Gasteiger partial charge on any atom is 0.494 e. The Labute approximate surface area is 140 Å². The summed E-state index contributed by atoms with van der Waals surface area (Å²) in [5, 5.41) is 0. The number of rotatable bonds is 5. The van der Waals surface area contributed by atoms with Gasteiger partial charge in [-0.1, -0.05) is 12.1 Å². The predicted octanol–water partition coefficient (Wildman–Crippen LogP) is 2.46. The molecule has 2 aliphatic heterocycles. The highest BCUT2D eigenvalue weighted by Gasteiger charge is 2.51. The van der Waals surface area contributed by atoms with Gasteiger partial charge in [-0.2, -0.15) is 0 Å². The van der Waals surface area contributed by atoms with Crippen LogP contribution in [0.15, 0.2) is 24.3 Å². The third-order valence-corrected chi connectivity index (χ3v) is 5.26. The molecule has 0 aromatic heterocycles. The van der Waals surface area contributed by atoms with E-state index in [9.17, 15) is 0 Å². The minimum absolute atomic E-state index is 0.315. The fraction of sp³-hybridized carbons (Fsp3) is 0.667. The molecule has 0 bridgehead atoms. The van der Waals surface area contributed by atoms with Crippen LogP contribution in [0.1, 0.15) is 40.5 Å². The normalized spacial score (nSPS) is 23.4. The van der Waals surface area contributed by atoms with Crippen LogP contribution in [0, 0.1) is 0 Å². The molecule has 126 valence electrons. The Morgan fingerprint density at radius 1 is 1.09 bits per heavy atom. The van der Waals surface area contributed by atoms with Crippen molar-refractivity contribution in [3.05, 3.63) is 24.3 Å². The molecule has 0 amide bonds. The molecule has 0 spiro atoms. The maximum atomic E-state index is 6.10. The molecular weight excluding hydrogens is 289 g/mol. The number of nitrogens with zero attached hydrogens (tertiary/aromatic N) is 1. The molecule has 0 radical (unpaired) electrons. The fourth-order valence-corrected chi connectivity index (χ4v) is 3.03. The summed E-state index contributed by atoms with van der Waals surface area (Å²) in [7, 11) is -0.331. The van der Waals surface area contributed by atoms with E-state index in [1.165, 1.54) is 25.9 Å². The predicted molar refractivity (Wildman–Crippen MR) is 93.3 cm³/mol. The third-order valence-electron chi connectivity index (χ3n) is 5.26. The minimum atomic E-state index is -0.331. The molecule has 23 heavy (non-hydrogen) atoms. The molecule has 2 aliphatic rings. The average Bonchev–Trinajstić information content (AvgIpc) is 3.06. The fourth-order valence-electron chi connectivity index (χ4n) is 3.03. The lowest BCUT2D eigenvalue weighted by Gasteiger charge is -2.32. The molecule has 2 heterocycles. The highest BCUT2D eigenvalue weighted by molar-refractivity contribution is 6.62. The van der Waals surface area contributed by atoms with Crippen molar-refractivity contribution in [2.24, 2.45) is 0 Å². The second-order valence-corrected chi connectivity index (χ2v) is 7.56. The summed E-state index contributed by atoms with van der Waals surface area (Å²) in [5.74, 6) is 0.886. The van der Waals surface area contributed by atoms with Crippen molar-refractivity contribution < 1.29 is 14.0 Å². The standard InChI is InChI=1S/C18H28BNO3/c1-17(2)18(3,4)23-19(22-17)15-8-7-9-16(14-15)21-13-12-20-10-5-6-11-20/h7-9,14H,5-6,10-13H2,1-4H3. The molecule has 0 aliphatic carbocycles. The summed E-state index contributed by atoms with van der Waals surface area (Å²) in [6.07, 6.45) is 2.63. The Balaban J connectivity index is 1.59. The van der Waals surface area contributed by atoms with E-state index < -0.39 is 0 Å². The van der Waals surface area contributed by atoms with Gasteiger partial charge in [0.25, 0.3) is 0 Å². The van der Waals surface area contributed by atoms with Crippen molar-refractivity contribution in [1.82, 2.24) is 4.90 Å². The summed E-state index contributed by atoms with van der Waals surface area (Å²) in [5.41, 5.74) is 0.386. The van der Waals surface area contributed by atoms with Gasteiger partial charge in [0, 0.05) is 6.54 Å². The van der Waals surface area contributed by atoms with Crippen LogP contribution in [-0.2, 0) is 9.31 Å². The Bertz CT molecular complexity index is 525. The molecule has 0 N–H and O–H groups in total. The van der Waals surface area contributed by atoms with Crippen molar-refractivity contribution in [1.29, 1.82) is 0 Å². The molecule has 1 aromatic carbocycles. The first-order valence-electron chi connectivity index (χ1n) is 8.68. The molecule has 0 unspecified atom stereocenters. The molecule has 0 atom stereocenters. The van der Waals surface area contributed by atoms with E-state index >= 15 is 0 Å². The van der Waals surface area contributed by atoms with Gasteiger partial charge in [-0.25, -0.2) is 0 Å². The molecular formula is C18H28BNO3. The van der Waals surface area contributed by atoms with Gasteiger partial charge in [0.1, 0.15) is 12.4 Å². The lowest BCUT2D eigenvalue weighted by molar-refractivity contribution is 0.00578. The van der Waals surface area contributed by atoms with Crippen LogP contribution >= 0.6 is 0 Å². The molecule has 0 saturated carbocycles. The van der Waals surface area contributed by atoms with Crippen molar-refractivity contribution in [3.8, 4) is 5.75 Å². The average molecular weight is 317 g/mol. The summed E-state index contributed by atoms with van der Waals surface area (Å²) in [6.45, 7) is 12.4. The molecule has 2 saturated heterocycles. The Morgan fingerprint density at radius 3 is 2.39 bits per heavy atom. The van der Waals surface area contributed by atoms with Crippen molar-refractivity contribution in [2.75, 3.05) is 26.2 Å². The van der Waals surface area contributed by atoms with E-state index in [0.29, 0.717) is 0 Å². The Morgan fingerprint density at radius 2 is 1.74 bits per heavy atom. The highest BCUT2D eigenvalue weighted by atomic mass is 16.7. The van der Waals surface area contributed by atoms with Gasteiger partial charge in [0.05, 0.1) is 11.2 Å². The summed E-state index contributed by atoms with van der Waals surface area (Å²) in [6, 6.07) is 8.08. The van der Waals surface area contributed by atoms with Crippen molar-refractivity contribution in [3.63, 3.8) is 0 Å². The molecule has 2 fully saturated rings. The van der Waals surface area contributed by atoms with Crippen LogP contribution < -0.4 is 10.2 Å². The van der Waals surface area contributed by atoms with E-state index in [1.807, 2.05) is 24.3 Å². The lowest BCUT2D eigenvalue weighted by atomic mass is 9.79. The molecule has 3 rings (SSSR count). The molecule has 5 heteroatoms. The topological polar surface area (TPSA) is 30.9 Å². The highest BCUT2D eigenvalue weighted by Crippen LogP contribution is 2.36. The Hall–Kier alpha value is -1.04. The quantitative estimate of drug-likeness (QED) is 0.781. The van der Waals surface area contributed by atoms with Gasteiger partial charge >= 0.3 is 7.12 Å². The minimum Gasteiger partial charge on any atom is -0.492 e. The molecule has 4 nitrogen and oxygen atoms in total. The number of likely N-dealkylation sites (tertiary alicyclic amines) is 1. The van der Waals surface area contributed by atoms with Gasteiger partial charge in [0.2, 0.25) is 0 Å². The van der Waals surface area contributed by atoms with Crippen molar-refractivity contribution >= 4 is 12.6 Å². The van der Waals surface area contributed by atoms with Crippen LogP contribution in [0.3, 0.4) is 0 Å². The first kappa shape index (κ1) is 16.8. The Kier molecular flexibility index (Phi) is 4.72. The SMILES string of the molecule is CC1(C)OB(c2cccc(OCCN3CCCC3)c2)OC1(C)C. The zero-order valence-electron chi connectivity index (χ0n) is 14.8. The van der Waals surface area contributed by atoms with Crippen molar-refractivity contribution in [2.45, 2.75) is 51.7 Å². The van der Waals surface area contributed by atoms with Crippen LogP contribution in [0.2, 0.25) is 0 Å². The number of benzene rings is 1. The van der Waals surface area contributed by atoms with Gasteiger partial charge in [-0.3, -0.25) is 4.90 Å². The summed E-state index contributed by atoms with van der Waals surface area (Å²) >= 11 is 0. The second kappa shape index (κ2) is 6.46. The zero-order chi connectivity index (χ0) is 16.5. The van der Waals surface area contributed by atoms with Crippen LogP contribution in [0.25, 0.3) is 0 Å². The summed E-state index contributed by atoms with van der Waals surface area (Å²) < 4.78 is 18.1. The number of ether oxygens (including phenoxy) is 1. The largest absolute Gasteiger partial charge is 0.494 e. The zero-order valence-corrected chi connectivity index (χ0v) is 14.8. The van der Waals surface area contributed by atoms with Crippen LogP contribution in [0.5, 0.6) is 5.75 Å². The number of hydrogen-bond donors (Lipinski definition) is 0. The number of hydrogen-bond acceptors (Lipinski definition) is 4. The first-order chi connectivity index (χ1) is 10.9. The smallest absolute Gasteiger partial charge is 0.492 e. The van der Waals surface area contributed by atoms with E-state index in [-0.39, 0.29) is 18.3 Å². The van der Waals surface area contributed by atoms with E-state index in [0.717, 1.165) is 24.4 Å². The van der Waals surface area contributed by atoms with Gasteiger partial charge < -0.3 is 14.0 Å². The monoisotopic (exact) mass is 317 g/mol. The first-order valence-corrected chi connectivity index (χ1v) is 8.68. The summed E-state index contributed by atoms with van der Waals surface area (Å²) in [4.78, 5) is 2.46. The van der Waals surface area contributed by atoms with Crippen LogP contribution in [0.4, 0.5) is 0 Å². The molecule has 1 aromatic rings.